The molecule has 6 nitrogen and oxygen atoms in total. The summed E-state index contributed by atoms with van der Waals surface area (Å²) >= 11 is 0. The Morgan fingerprint density at radius 3 is 3.10 bits per heavy atom. The van der Waals surface area contributed by atoms with Crippen molar-refractivity contribution >= 4 is 5.52 Å². The number of rotatable bonds is 5. The van der Waals surface area contributed by atoms with E-state index in [9.17, 15) is 4.79 Å². The Balaban J connectivity index is 1.65. The number of aryl methyl sites for hydroxylation is 1. The molecule has 1 N–H and O–H groups in total. The number of hydrogen-bond donors (Lipinski definition) is 1. The molecular formula is C14H16N4O2. The smallest absolute Gasteiger partial charge is 0.276 e. The van der Waals surface area contributed by atoms with Gasteiger partial charge in [-0.1, -0.05) is 0 Å². The molecule has 0 radical (unpaired) electrons. The molecule has 0 spiro atoms. The Kier molecular flexibility index (Phi) is 3.39. The third-order valence-corrected chi connectivity index (χ3v) is 3.16. The highest BCUT2D eigenvalue weighted by atomic mass is 16.3. The molecule has 0 bridgehead atoms. The second-order valence-corrected chi connectivity index (χ2v) is 4.72. The minimum atomic E-state index is -0.0155. The molecule has 104 valence electrons. The number of fused-ring (bicyclic) bond motifs is 1. The van der Waals surface area contributed by atoms with E-state index < -0.39 is 0 Å². The van der Waals surface area contributed by atoms with E-state index in [1.54, 1.807) is 40.1 Å². The van der Waals surface area contributed by atoms with Crippen molar-refractivity contribution in [3.63, 3.8) is 0 Å². The number of aromatic nitrogens is 3. The van der Waals surface area contributed by atoms with Gasteiger partial charge in [0.1, 0.15) is 5.52 Å². The number of nitrogens with one attached hydrogen (secondary N) is 1. The maximum absolute atomic E-state index is 12.2. The van der Waals surface area contributed by atoms with Crippen LogP contribution in [0.2, 0.25) is 0 Å². The van der Waals surface area contributed by atoms with Gasteiger partial charge in [0.05, 0.1) is 18.2 Å². The summed E-state index contributed by atoms with van der Waals surface area (Å²) in [4.78, 5) is 12.2. The van der Waals surface area contributed by atoms with Crippen LogP contribution in [0.4, 0.5) is 0 Å². The van der Waals surface area contributed by atoms with Gasteiger partial charge in [-0.05, 0) is 19.1 Å². The number of hydrogen-bond acceptors (Lipinski definition) is 4. The van der Waals surface area contributed by atoms with Crippen LogP contribution in [-0.2, 0) is 13.1 Å². The minimum absolute atomic E-state index is 0.0155. The van der Waals surface area contributed by atoms with Crippen LogP contribution in [0.25, 0.3) is 5.52 Å². The number of nitrogens with zero attached hydrogens (tertiary/aromatic N) is 3. The second kappa shape index (κ2) is 5.34. The summed E-state index contributed by atoms with van der Waals surface area (Å²) in [6, 6.07) is 3.72. The molecule has 0 atom stereocenters. The fraction of sp³-hybridized carbons (Fsp3) is 0.286. The van der Waals surface area contributed by atoms with Crippen molar-refractivity contribution in [2.45, 2.75) is 20.0 Å². The molecule has 0 aromatic carbocycles. The van der Waals surface area contributed by atoms with E-state index in [0.717, 1.165) is 17.8 Å². The van der Waals surface area contributed by atoms with Gasteiger partial charge in [0.15, 0.2) is 0 Å². The van der Waals surface area contributed by atoms with Crippen LogP contribution in [0.1, 0.15) is 11.3 Å². The predicted molar refractivity (Wildman–Crippen MR) is 74.6 cm³/mol. The van der Waals surface area contributed by atoms with Crippen LogP contribution in [0.15, 0.2) is 46.3 Å². The SMILES string of the molecule is Cc1cc2c(=O)n(CCNCc3ccoc3)ccn2n1. The van der Waals surface area contributed by atoms with Crippen molar-refractivity contribution in [3.8, 4) is 0 Å². The van der Waals surface area contributed by atoms with Crippen LogP contribution in [-0.4, -0.2) is 20.7 Å². The van der Waals surface area contributed by atoms with Crippen LogP contribution >= 0.6 is 0 Å². The summed E-state index contributed by atoms with van der Waals surface area (Å²) in [6.07, 6.45) is 6.93. The topological polar surface area (TPSA) is 64.5 Å². The normalized spacial score (nSPS) is 11.2. The Labute approximate surface area is 115 Å². The van der Waals surface area contributed by atoms with Crippen LogP contribution in [0, 0.1) is 6.92 Å². The lowest BCUT2D eigenvalue weighted by Crippen LogP contribution is -2.27. The van der Waals surface area contributed by atoms with Crippen LogP contribution in [0.3, 0.4) is 0 Å². The van der Waals surface area contributed by atoms with Crippen LogP contribution < -0.4 is 10.9 Å². The van der Waals surface area contributed by atoms with Gasteiger partial charge in [-0.2, -0.15) is 5.10 Å². The highest BCUT2D eigenvalue weighted by Crippen LogP contribution is 2.00. The molecule has 20 heavy (non-hydrogen) atoms. The standard InChI is InChI=1S/C14H16N4O2/c1-11-8-13-14(19)17(5-6-18(13)16-11)4-3-15-9-12-2-7-20-10-12/h2,5-8,10,15H,3-4,9H2,1H3. The van der Waals surface area contributed by atoms with Gasteiger partial charge in [-0.25, -0.2) is 4.52 Å². The zero-order valence-electron chi connectivity index (χ0n) is 11.2. The molecule has 0 aliphatic carbocycles. The first-order chi connectivity index (χ1) is 9.74. The van der Waals surface area contributed by atoms with Gasteiger partial charge in [-0.3, -0.25) is 4.79 Å². The highest BCUT2D eigenvalue weighted by molar-refractivity contribution is 5.44. The van der Waals surface area contributed by atoms with Gasteiger partial charge in [0.25, 0.3) is 5.56 Å². The highest BCUT2D eigenvalue weighted by Gasteiger charge is 2.04. The average Bonchev–Trinajstić information content (AvgIpc) is 3.06. The fourth-order valence-electron chi connectivity index (χ4n) is 2.15. The molecule has 3 aromatic rings. The third-order valence-electron chi connectivity index (χ3n) is 3.16. The number of furan rings is 1. The molecule has 6 heteroatoms. The third kappa shape index (κ3) is 2.50. The lowest BCUT2D eigenvalue weighted by atomic mass is 10.3. The lowest BCUT2D eigenvalue weighted by molar-refractivity contribution is 0.553. The van der Waals surface area contributed by atoms with Gasteiger partial charge >= 0.3 is 0 Å². The molecule has 0 saturated heterocycles. The average molecular weight is 272 g/mol. The zero-order valence-corrected chi connectivity index (χ0v) is 11.2. The first-order valence-corrected chi connectivity index (χ1v) is 6.51. The van der Waals surface area contributed by atoms with Gasteiger partial charge in [0, 0.05) is 37.6 Å². The summed E-state index contributed by atoms with van der Waals surface area (Å²) in [6.45, 7) is 3.95. The summed E-state index contributed by atoms with van der Waals surface area (Å²) in [5.74, 6) is 0. The van der Waals surface area contributed by atoms with E-state index >= 15 is 0 Å². The maximum atomic E-state index is 12.2. The lowest BCUT2D eigenvalue weighted by Gasteiger charge is -2.06. The van der Waals surface area contributed by atoms with E-state index in [1.807, 2.05) is 13.0 Å². The quantitative estimate of drug-likeness (QED) is 0.709. The summed E-state index contributed by atoms with van der Waals surface area (Å²) in [7, 11) is 0. The van der Waals surface area contributed by atoms with E-state index in [-0.39, 0.29) is 5.56 Å². The minimum Gasteiger partial charge on any atom is -0.472 e. The molecule has 3 aromatic heterocycles. The summed E-state index contributed by atoms with van der Waals surface area (Å²) < 4.78 is 8.31. The van der Waals surface area contributed by atoms with Crippen molar-refractivity contribution in [3.05, 3.63) is 58.7 Å². The zero-order chi connectivity index (χ0) is 13.9. The maximum Gasteiger partial charge on any atom is 0.276 e. The Bertz CT molecular complexity index is 755. The van der Waals surface area contributed by atoms with E-state index in [0.29, 0.717) is 18.6 Å². The molecule has 3 rings (SSSR count). The van der Waals surface area contributed by atoms with Crippen molar-refractivity contribution in [1.82, 2.24) is 19.5 Å². The molecule has 3 heterocycles. The predicted octanol–water partition coefficient (Wildman–Crippen LogP) is 1.19. The molecular weight excluding hydrogens is 256 g/mol. The van der Waals surface area contributed by atoms with Crippen molar-refractivity contribution in [2.24, 2.45) is 0 Å². The first-order valence-electron chi connectivity index (χ1n) is 6.51. The van der Waals surface area contributed by atoms with E-state index in [2.05, 4.69) is 10.4 Å². The molecule has 0 aliphatic rings. The Hall–Kier alpha value is -2.34. The van der Waals surface area contributed by atoms with Gasteiger partial charge in [0.2, 0.25) is 0 Å². The van der Waals surface area contributed by atoms with Crippen molar-refractivity contribution in [2.75, 3.05) is 6.54 Å². The molecule has 0 fully saturated rings. The van der Waals surface area contributed by atoms with E-state index in [4.69, 9.17) is 4.42 Å². The monoisotopic (exact) mass is 272 g/mol. The molecule has 0 aliphatic heterocycles. The fourth-order valence-corrected chi connectivity index (χ4v) is 2.15. The second-order valence-electron chi connectivity index (χ2n) is 4.72. The largest absolute Gasteiger partial charge is 0.472 e. The van der Waals surface area contributed by atoms with Crippen molar-refractivity contribution < 1.29 is 4.42 Å². The molecule has 0 saturated carbocycles. The molecule has 0 amide bonds. The Morgan fingerprint density at radius 1 is 1.40 bits per heavy atom. The van der Waals surface area contributed by atoms with Gasteiger partial charge < -0.3 is 14.3 Å². The first kappa shape index (κ1) is 12.7. The van der Waals surface area contributed by atoms with E-state index in [1.165, 1.54) is 0 Å². The van der Waals surface area contributed by atoms with Gasteiger partial charge in [-0.15, -0.1) is 0 Å². The molecule has 0 unspecified atom stereocenters. The van der Waals surface area contributed by atoms with Crippen LogP contribution in [0.5, 0.6) is 0 Å². The summed E-state index contributed by atoms with van der Waals surface area (Å²) in [5, 5.41) is 7.50. The van der Waals surface area contributed by atoms with Crippen molar-refractivity contribution in [1.29, 1.82) is 0 Å². The summed E-state index contributed by atoms with van der Waals surface area (Å²) in [5.41, 5.74) is 2.54. The Morgan fingerprint density at radius 2 is 2.30 bits per heavy atom.